The molecule has 0 spiro atoms. The zero-order valence-corrected chi connectivity index (χ0v) is 18.8. The van der Waals surface area contributed by atoms with Crippen LogP contribution in [0.2, 0.25) is 5.02 Å². The Morgan fingerprint density at radius 2 is 1.61 bits per heavy atom. The van der Waals surface area contributed by atoms with Gasteiger partial charge in [0, 0.05) is 41.6 Å². The van der Waals surface area contributed by atoms with Gasteiger partial charge in [0.2, 0.25) is 5.89 Å². The Morgan fingerprint density at radius 1 is 0.879 bits per heavy atom. The fourth-order valence-electron chi connectivity index (χ4n) is 3.45. The Morgan fingerprint density at radius 3 is 2.33 bits per heavy atom. The molecule has 2 heterocycles. The number of fused-ring (bicyclic) bond motifs is 1. The number of furan rings is 1. The van der Waals surface area contributed by atoms with Crippen molar-refractivity contribution in [3.05, 3.63) is 89.6 Å². The highest BCUT2D eigenvalue weighted by Gasteiger charge is 2.14. The molecule has 0 aliphatic rings. The molecule has 3 aromatic carbocycles. The number of nitrogens with zero attached hydrogens (tertiary/aromatic N) is 2. The van der Waals surface area contributed by atoms with Crippen LogP contribution in [-0.2, 0) is 0 Å². The molecule has 0 unspecified atom stereocenters. The van der Waals surface area contributed by atoms with E-state index in [9.17, 15) is 4.79 Å². The first-order valence-electron chi connectivity index (χ1n) is 10.3. The number of rotatable bonds is 5. The van der Waals surface area contributed by atoms with Crippen LogP contribution in [0, 0.1) is 0 Å². The van der Waals surface area contributed by atoms with Crippen molar-refractivity contribution >= 4 is 40.0 Å². The third-order valence-corrected chi connectivity index (χ3v) is 5.49. The summed E-state index contributed by atoms with van der Waals surface area (Å²) < 4.78 is 11.6. The minimum atomic E-state index is -0.349. The van der Waals surface area contributed by atoms with E-state index in [2.05, 4.69) is 10.3 Å². The molecule has 5 aromatic rings. The Bertz CT molecular complexity index is 1430. The predicted octanol–water partition coefficient (Wildman–Crippen LogP) is 6.73. The van der Waals surface area contributed by atoms with Crippen molar-refractivity contribution in [1.29, 1.82) is 0 Å². The molecule has 0 aliphatic heterocycles. The van der Waals surface area contributed by atoms with Gasteiger partial charge in [-0.25, -0.2) is 4.98 Å². The number of benzene rings is 3. The maximum atomic E-state index is 12.7. The summed E-state index contributed by atoms with van der Waals surface area (Å²) in [6.45, 7) is 0. The van der Waals surface area contributed by atoms with Crippen LogP contribution in [0.15, 0.2) is 87.7 Å². The molecular weight excluding hydrogens is 438 g/mol. The maximum absolute atomic E-state index is 12.7. The largest absolute Gasteiger partial charge is 0.451 e. The minimum Gasteiger partial charge on any atom is -0.451 e. The van der Waals surface area contributed by atoms with Gasteiger partial charge in [0.1, 0.15) is 11.3 Å². The van der Waals surface area contributed by atoms with Gasteiger partial charge in [-0.05, 0) is 78.9 Å². The monoisotopic (exact) mass is 457 g/mol. The lowest BCUT2D eigenvalue weighted by Gasteiger charge is -2.11. The predicted molar refractivity (Wildman–Crippen MR) is 131 cm³/mol. The molecule has 33 heavy (non-hydrogen) atoms. The lowest BCUT2D eigenvalue weighted by Crippen LogP contribution is -2.10. The van der Waals surface area contributed by atoms with E-state index < -0.39 is 0 Å². The molecule has 2 aromatic heterocycles. The third kappa shape index (κ3) is 4.33. The Kier molecular flexibility index (Phi) is 5.36. The highest BCUT2D eigenvalue weighted by molar-refractivity contribution is 6.30. The number of oxazole rings is 1. The number of hydrogen-bond acceptors (Lipinski definition) is 5. The third-order valence-electron chi connectivity index (χ3n) is 5.23. The van der Waals surface area contributed by atoms with E-state index in [1.165, 1.54) is 0 Å². The quantitative estimate of drug-likeness (QED) is 0.317. The van der Waals surface area contributed by atoms with E-state index >= 15 is 0 Å². The summed E-state index contributed by atoms with van der Waals surface area (Å²) in [6, 6.07) is 23.9. The number of aromatic nitrogens is 1. The molecule has 7 heteroatoms. The number of halogens is 1. The van der Waals surface area contributed by atoms with Crippen LogP contribution in [0.5, 0.6) is 0 Å². The normalized spacial score (nSPS) is 11.0. The summed E-state index contributed by atoms with van der Waals surface area (Å²) in [5.74, 6) is 0.977. The van der Waals surface area contributed by atoms with Gasteiger partial charge in [-0.1, -0.05) is 11.6 Å². The standard InChI is InChI=1S/C26H20ClN3O3/c1-30(2)20-10-5-17(6-11-20)26-29-21-15-19(9-12-23(21)33-26)28-25(31)24-14-13-22(32-24)16-3-7-18(27)8-4-16/h3-15H,1-2H3,(H,28,31). The number of hydrogen-bond donors (Lipinski definition) is 1. The van der Waals surface area contributed by atoms with Crippen molar-refractivity contribution < 1.29 is 13.6 Å². The first-order chi connectivity index (χ1) is 16.0. The lowest BCUT2D eigenvalue weighted by molar-refractivity contribution is 0.0997. The van der Waals surface area contributed by atoms with Crippen LogP contribution in [0.3, 0.4) is 0 Å². The first kappa shape index (κ1) is 20.8. The SMILES string of the molecule is CN(C)c1ccc(-c2nc3cc(NC(=O)c4ccc(-c5ccc(Cl)cc5)o4)ccc3o2)cc1. The second-order valence-corrected chi connectivity index (χ2v) is 8.20. The molecular formula is C26H20ClN3O3. The summed E-state index contributed by atoms with van der Waals surface area (Å²) in [5, 5.41) is 3.49. The van der Waals surface area contributed by atoms with Crippen LogP contribution >= 0.6 is 11.6 Å². The van der Waals surface area contributed by atoms with Crippen LogP contribution in [-0.4, -0.2) is 25.0 Å². The average molecular weight is 458 g/mol. The summed E-state index contributed by atoms with van der Waals surface area (Å²) in [6.07, 6.45) is 0. The molecule has 0 saturated carbocycles. The van der Waals surface area contributed by atoms with Crippen molar-refractivity contribution in [2.75, 3.05) is 24.3 Å². The minimum absolute atomic E-state index is 0.210. The molecule has 0 atom stereocenters. The second kappa shape index (κ2) is 8.48. The van der Waals surface area contributed by atoms with Crippen molar-refractivity contribution in [3.8, 4) is 22.8 Å². The molecule has 1 N–H and O–H groups in total. The molecule has 5 rings (SSSR count). The van der Waals surface area contributed by atoms with Crippen LogP contribution in [0.4, 0.5) is 11.4 Å². The van der Waals surface area contributed by atoms with Crippen LogP contribution in [0.1, 0.15) is 10.6 Å². The van der Waals surface area contributed by atoms with Crippen molar-refractivity contribution in [2.45, 2.75) is 0 Å². The summed E-state index contributed by atoms with van der Waals surface area (Å²) in [4.78, 5) is 19.3. The van der Waals surface area contributed by atoms with Crippen molar-refractivity contribution in [2.24, 2.45) is 0 Å². The van der Waals surface area contributed by atoms with Gasteiger partial charge in [0.15, 0.2) is 11.3 Å². The zero-order chi connectivity index (χ0) is 22.9. The summed E-state index contributed by atoms with van der Waals surface area (Å²) in [5.41, 5.74) is 4.71. The lowest BCUT2D eigenvalue weighted by atomic mass is 10.2. The molecule has 164 valence electrons. The van der Waals surface area contributed by atoms with Gasteiger partial charge in [0.05, 0.1) is 0 Å². The van der Waals surface area contributed by atoms with Gasteiger partial charge >= 0.3 is 0 Å². The number of carbonyl (C=O) groups excluding carboxylic acids is 1. The van der Waals surface area contributed by atoms with Gasteiger partial charge in [-0.3, -0.25) is 4.79 Å². The molecule has 6 nitrogen and oxygen atoms in total. The van der Waals surface area contributed by atoms with Crippen molar-refractivity contribution in [1.82, 2.24) is 4.98 Å². The number of nitrogens with one attached hydrogen (secondary N) is 1. The van der Waals surface area contributed by atoms with E-state index in [1.54, 1.807) is 42.5 Å². The number of anilines is 2. The summed E-state index contributed by atoms with van der Waals surface area (Å²) in [7, 11) is 3.98. The average Bonchev–Trinajstić information content (AvgIpc) is 3.47. The van der Waals surface area contributed by atoms with Gasteiger partial charge in [-0.15, -0.1) is 0 Å². The maximum Gasteiger partial charge on any atom is 0.291 e. The Labute approximate surface area is 195 Å². The molecule has 0 saturated heterocycles. The van der Waals surface area contributed by atoms with Gasteiger partial charge in [0.25, 0.3) is 5.91 Å². The first-order valence-corrected chi connectivity index (χ1v) is 10.7. The van der Waals surface area contributed by atoms with E-state index in [0.717, 1.165) is 16.8 Å². The highest BCUT2D eigenvalue weighted by atomic mass is 35.5. The topological polar surface area (TPSA) is 71.5 Å². The van der Waals surface area contributed by atoms with Crippen molar-refractivity contribution in [3.63, 3.8) is 0 Å². The number of amides is 1. The fourth-order valence-corrected chi connectivity index (χ4v) is 3.58. The van der Waals surface area contributed by atoms with Gasteiger partial charge in [-0.2, -0.15) is 0 Å². The van der Waals surface area contributed by atoms with Gasteiger partial charge < -0.3 is 19.1 Å². The molecule has 0 fully saturated rings. The second-order valence-electron chi connectivity index (χ2n) is 7.77. The smallest absolute Gasteiger partial charge is 0.291 e. The van der Waals surface area contributed by atoms with Crippen LogP contribution < -0.4 is 10.2 Å². The Hall–Kier alpha value is -4.03. The number of carbonyl (C=O) groups is 1. The van der Waals surface area contributed by atoms with E-state index in [1.807, 2.05) is 55.4 Å². The van der Waals surface area contributed by atoms with E-state index in [-0.39, 0.29) is 11.7 Å². The van der Waals surface area contributed by atoms with E-state index in [0.29, 0.717) is 33.5 Å². The molecule has 0 radical (unpaired) electrons. The molecule has 1 amide bonds. The fraction of sp³-hybridized carbons (Fsp3) is 0.0769. The zero-order valence-electron chi connectivity index (χ0n) is 18.0. The highest BCUT2D eigenvalue weighted by Crippen LogP contribution is 2.28. The molecule has 0 aliphatic carbocycles. The van der Waals surface area contributed by atoms with Crippen LogP contribution in [0.25, 0.3) is 33.9 Å². The molecule has 0 bridgehead atoms. The summed E-state index contributed by atoms with van der Waals surface area (Å²) >= 11 is 5.93. The van der Waals surface area contributed by atoms with E-state index in [4.69, 9.17) is 20.4 Å². The Balaban J connectivity index is 1.34.